The molecule has 0 fully saturated rings. The lowest BCUT2D eigenvalue weighted by Crippen LogP contribution is -1.96. The Morgan fingerprint density at radius 2 is 2.44 bits per heavy atom. The Labute approximate surface area is 91.4 Å². The van der Waals surface area contributed by atoms with E-state index in [1.165, 1.54) is 19.4 Å². The second-order valence-corrected chi connectivity index (χ2v) is 2.68. The predicted molar refractivity (Wildman–Crippen MR) is 55.0 cm³/mol. The minimum atomic E-state index is -0.600. The van der Waals surface area contributed by atoms with Crippen LogP contribution in [0.4, 0.5) is 5.69 Å². The van der Waals surface area contributed by atoms with E-state index in [0.29, 0.717) is 11.8 Å². The van der Waals surface area contributed by atoms with Crippen molar-refractivity contribution in [3.05, 3.63) is 27.9 Å². The molecule has 82 valence electrons. The van der Waals surface area contributed by atoms with Gasteiger partial charge in [-0.3, -0.25) is 10.1 Å². The van der Waals surface area contributed by atoms with E-state index < -0.39 is 4.92 Å². The van der Waals surface area contributed by atoms with Gasteiger partial charge in [0.15, 0.2) is 0 Å². The maximum absolute atomic E-state index is 10.6. The maximum atomic E-state index is 10.6. The summed E-state index contributed by atoms with van der Waals surface area (Å²) in [5, 5.41) is 10.6. The van der Waals surface area contributed by atoms with Crippen molar-refractivity contribution < 1.29 is 14.5 Å². The normalized spacial score (nSPS) is 8.81. The molecule has 1 aromatic heterocycles. The monoisotopic (exact) mass is 220 g/mol. The highest BCUT2D eigenvalue weighted by Crippen LogP contribution is 2.23. The van der Waals surface area contributed by atoms with Crippen LogP contribution in [0.1, 0.15) is 12.0 Å². The van der Waals surface area contributed by atoms with Gasteiger partial charge in [-0.25, -0.2) is 4.98 Å². The Kier molecular flexibility index (Phi) is 3.98. The van der Waals surface area contributed by atoms with Crippen LogP contribution < -0.4 is 4.74 Å². The second kappa shape index (κ2) is 5.46. The molecular weight excluding hydrogens is 212 g/mol. The molecular formula is C10H8N2O4. The average molecular weight is 220 g/mol. The summed E-state index contributed by atoms with van der Waals surface area (Å²) in [5.41, 5.74) is 0.120. The van der Waals surface area contributed by atoms with E-state index in [1.54, 1.807) is 0 Å². The number of ether oxygens (including phenoxy) is 1. The van der Waals surface area contributed by atoms with E-state index in [4.69, 9.17) is 4.74 Å². The van der Waals surface area contributed by atoms with Crippen LogP contribution in [0.2, 0.25) is 0 Å². The molecule has 0 saturated heterocycles. The molecule has 0 aromatic carbocycles. The molecule has 1 aromatic rings. The van der Waals surface area contributed by atoms with Crippen LogP contribution in [0.25, 0.3) is 0 Å². The first-order valence-corrected chi connectivity index (χ1v) is 4.30. The molecule has 0 aliphatic rings. The number of nitrogens with zero attached hydrogens (tertiary/aromatic N) is 2. The Hall–Kier alpha value is -2.42. The molecule has 0 radical (unpaired) electrons. The van der Waals surface area contributed by atoms with Crippen molar-refractivity contribution in [2.24, 2.45) is 0 Å². The fourth-order valence-corrected chi connectivity index (χ4v) is 0.992. The van der Waals surface area contributed by atoms with Crippen molar-refractivity contribution in [3.63, 3.8) is 0 Å². The van der Waals surface area contributed by atoms with Crippen molar-refractivity contribution in [1.82, 2.24) is 4.98 Å². The fourth-order valence-electron chi connectivity index (χ4n) is 0.992. The average Bonchev–Trinajstić information content (AvgIpc) is 2.29. The van der Waals surface area contributed by atoms with Gasteiger partial charge in [-0.1, -0.05) is 11.8 Å². The van der Waals surface area contributed by atoms with E-state index in [0.717, 1.165) is 0 Å². The minimum absolute atomic E-state index is 0.0639. The summed E-state index contributed by atoms with van der Waals surface area (Å²) in [6, 6.07) is 1.25. The molecule has 0 N–H and O–H groups in total. The van der Waals surface area contributed by atoms with Gasteiger partial charge in [0, 0.05) is 17.8 Å². The Morgan fingerprint density at radius 1 is 1.69 bits per heavy atom. The largest absolute Gasteiger partial charge is 0.476 e. The Morgan fingerprint density at radius 3 is 3.00 bits per heavy atom. The molecule has 1 heterocycles. The van der Waals surface area contributed by atoms with Crippen molar-refractivity contribution in [1.29, 1.82) is 0 Å². The SMILES string of the molecule is COc1ncc(C#CCC=O)cc1[N+](=O)[O-]. The van der Waals surface area contributed by atoms with Gasteiger partial charge in [-0.15, -0.1) is 0 Å². The Balaban J connectivity index is 3.08. The van der Waals surface area contributed by atoms with Crippen LogP contribution >= 0.6 is 0 Å². The number of hydrogen-bond donors (Lipinski definition) is 0. The summed E-state index contributed by atoms with van der Waals surface area (Å²) in [6.07, 6.45) is 2.09. The molecule has 0 bridgehead atoms. The summed E-state index contributed by atoms with van der Waals surface area (Å²) in [7, 11) is 1.30. The van der Waals surface area contributed by atoms with Crippen molar-refractivity contribution in [3.8, 4) is 17.7 Å². The number of rotatable bonds is 3. The summed E-state index contributed by atoms with van der Waals surface area (Å²) in [6.45, 7) is 0. The third kappa shape index (κ3) is 2.78. The fraction of sp³-hybridized carbons (Fsp3) is 0.200. The number of nitro groups is 1. The third-order valence-corrected chi connectivity index (χ3v) is 1.64. The molecule has 16 heavy (non-hydrogen) atoms. The van der Waals surface area contributed by atoms with Crippen molar-refractivity contribution in [2.75, 3.05) is 7.11 Å². The number of pyridine rings is 1. The molecule has 0 amide bonds. The van der Waals surface area contributed by atoms with Gasteiger partial charge in [0.2, 0.25) is 0 Å². The first-order valence-electron chi connectivity index (χ1n) is 4.30. The first-order chi connectivity index (χ1) is 7.69. The number of carbonyl (C=O) groups is 1. The summed E-state index contributed by atoms with van der Waals surface area (Å²) >= 11 is 0. The number of methoxy groups -OCH3 is 1. The van der Waals surface area contributed by atoms with Crippen molar-refractivity contribution >= 4 is 12.0 Å². The zero-order chi connectivity index (χ0) is 12.0. The van der Waals surface area contributed by atoms with E-state index in [1.807, 2.05) is 0 Å². The van der Waals surface area contributed by atoms with Crippen LogP contribution in [0.15, 0.2) is 12.3 Å². The van der Waals surface area contributed by atoms with Gasteiger partial charge < -0.3 is 9.53 Å². The molecule has 0 saturated carbocycles. The zero-order valence-electron chi connectivity index (χ0n) is 8.47. The van der Waals surface area contributed by atoms with Gasteiger partial charge in [-0.2, -0.15) is 0 Å². The summed E-state index contributed by atoms with van der Waals surface area (Å²) < 4.78 is 4.73. The number of aldehydes is 1. The predicted octanol–water partition coefficient (Wildman–Crippen LogP) is 0.939. The lowest BCUT2D eigenvalue weighted by atomic mass is 10.2. The van der Waals surface area contributed by atoms with E-state index in [2.05, 4.69) is 16.8 Å². The van der Waals surface area contributed by atoms with Gasteiger partial charge in [0.1, 0.15) is 6.29 Å². The molecule has 1 rings (SSSR count). The zero-order valence-corrected chi connectivity index (χ0v) is 8.47. The molecule has 0 atom stereocenters. The minimum Gasteiger partial charge on any atom is -0.476 e. The standard InChI is InChI=1S/C10H8N2O4/c1-16-10-9(12(14)15)6-8(7-11-10)4-2-3-5-13/h5-7H,3H2,1H3. The van der Waals surface area contributed by atoms with E-state index in [-0.39, 0.29) is 18.0 Å². The van der Waals surface area contributed by atoms with E-state index in [9.17, 15) is 14.9 Å². The topological polar surface area (TPSA) is 82.3 Å². The van der Waals surface area contributed by atoms with Crippen LogP contribution in [0, 0.1) is 22.0 Å². The van der Waals surface area contributed by atoms with Gasteiger partial charge >= 0.3 is 5.69 Å². The summed E-state index contributed by atoms with van der Waals surface area (Å²) in [4.78, 5) is 23.8. The highest BCUT2D eigenvalue weighted by molar-refractivity contribution is 5.55. The smallest absolute Gasteiger partial charge is 0.332 e. The molecule has 0 aliphatic carbocycles. The maximum Gasteiger partial charge on any atom is 0.332 e. The highest BCUT2D eigenvalue weighted by Gasteiger charge is 2.16. The van der Waals surface area contributed by atoms with Crippen LogP contribution in [-0.4, -0.2) is 23.3 Å². The molecule has 0 aliphatic heterocycles. The third-order valence-electron chi connectivity index (χ3n) is 1.64. The second-order valence-electron chi connectivity index (χ2n) is 2.68. The van der Waals surface area contributed by atoms with Crippen LogP contribution in [0.5, 0.6) is 5.88 Å². The number of hydrogen-bond acceptors (Lipinski definition) is 5. The Bertz CT molecular complexity index is 473. The van der Waals surface area contributed by atoms with Crippen LogP contribution in [-0.2, 0) is 4.79 Å². The lowest BCUT2D eigenvalue weighted by Gasteiger charge is -1.99. The molecule has 0 unspecified atom stereocenters. The van der Waals surface area contributed by atoms with Crippen LogP contribution in [0.3, 0.4) is 0 Å². The van der Waals surface area contributed by atoms with E-state index >= 15 is 0 Å². The van der Waals surface area contributed by atoms with Gasteiger partial charge in [-0.05, 0) is 0 Å². The van der Waals surface area contributed by atoms with Gasteiger partial charge in [0.25, 0.3) is 5.88 Å². The first kappa shape index (κ1) is 11.7. The molecule has 0 spiro atoms. The lowest BCUT2D eigenvalue weighted by molar-refractivity contribution is -0.386. The molecule has 6 nitrogen and oxygen atoms in total. The van der Waals surface area contributed by atoms with Crippen molar-refractivity contribution in [2.45, 2.75) is 6.42 Å². The van der Waals surface area contributed by atoms with Gasteiger partial charge in [0.05, 0.1) is 18.5 Å². The quantitative estimate of drug-likeness (QED) is 0.327. The molecule has 6 heteroatoms. The number of aromatic nitrogens is 1. The summed E-state index contributed by atoms with van der Waals surface area (Å²) in [5.74, 6) is 5.06. The number of carbonyl (C=O) groups excluding carboxylic acids is 1. The highest BCUT2D eigenvalue weighted by atomic mass is 16.6.